The molecule has 1 aromatic rings. The summed E-state index contributed by atoms with van der Waals surface area (Å²) in [4.78, 5) is 0. The van der Waals surface area contributed by atoms with Crippen molar-refractivity contribution in [2.24, 2.45) is 0 Å². The maximum absolute atomic E-state index is 12.8. The lowest BCUT2D eigenvalue weighted by Crippen LogP contribution is -2.11. The summed E-state index contributed by atoms with van der Waals surface area (Å²) in [6.45, 7) is 5.59. The van der Waals surface area contributed by atoms with E-state index >= 15 is 0 Å². The van der Waals surface area contributed by atoms with E-state index in [2.05, 4.69) is 27.8 Å². The van der Waals surface area contributed by atoms with Gasteiger partial charge in [0.1, 0.15) is 5.82 Å². The fourth-order valence-electron chi connectivity index (χ4n) is 0.912. The van der Waals surface area contributed by atoms with E-state index < -0.39 is 0 Å². The first-order valence-corrected chi connectivity index (χ1v) is 4.77. The van der Waals surface area contributed by atoms with Crippen LogP contribution in [-0.2, 0) is 0 Å². The molecule has 0 aromatic heterocycles. The average Bonchev–Trinajstić information content (AvgIpc) is 2.11. The van der Waals surface area contributed by atoms with Crippen molar-refractivity contribution in [2.45, 2.75) is 13.0 Å². The summed E-state index contributed by atoms with van der Waals surface area (Å²) >= 11 is 3.32. The van der Waals surface area contributed by atoms with Gasteiger partial charge < -0.3 is 5.32 Å². The van der Waals surface area contributed by atoms with Gasteiger partial charge in [-0.3, -0.25) is 0 Å². The zero-order valence-corrected chi connectivity index (χ0v) is 8.94. The molecule has 0 aliphatic carbocycles. The molecule has 1 nitrogen and oxygen atoms in total. The van der Waals surface area contributed by atoms with E-state index in [1.54, 1.807) is 12.1 Å². The monoisotopic (exact) mass is 243 g/mol. The van der Waals surface area contributed by atoms with E-state index in [0.29, 0.717) is 0 Å². The molecule has 0 aliphatic rings. The van der Waals surface area contributed by atoms with Gasteiger partial charge in [-0.2, -0.15) is 0 Å². The Kier molecular flexibility index (Phi) is 3.48. The normalized spacial score (nSPS) is 12.2. The molecule has 0 spiro atoms. The first kappa shape index (κ1) is 10.3. The van der Waals surface area contributed by atoms with Crippen molar-refractivity contribution < 1.29 is 4.39 Å². The molecule has 1 aromatic carbocycles. The third kappa shape index (κ3) is 2.84. The van der Waals surface area contributed by atoms with Crippen LogP contribution in [0.5, 0.6) is 0 Å². The van der Waals surface area contributed by atoms with E-state index in [9.17, 15) is 4.39 Å². The van der Waals surface area contributed by atoms with Gasteiger partial charge in [-0.25, -0.2) is 4.39 Å². The van der Waals surface area contributed by atoms with Crippen LogP contribution in [0, 0.1) is 5.82 Å². The highest BCUT2D eigenvalue weighted by Crippen LogP contribution is 2.23. The quantitative estimate of drug-likeness (QED) is 0.801. The molecule has 0 saturated carbocycles. The number of hydrogen-bond donors (Lipinski definition) is 1. The summed E-state index contributed by atoms with van der Waals surface area (Å²) in [7, 11) is 0. The molecule has 3 heteroatoms. The van der Waals surface area contributed by atoms with E-state index in [-0.39, 0.29) is 11.9 Å². The molecule has 0 radical (unpaired) electrons. The molecule has 0 bridgehead atoms. The summed E-state index contributed by atoms with van der Waals surface area (Å²) in [6.07, 6.45) is 1.76. The van der Waals surface area contributed by atoms with E-state index in [0.717, 1.165) is 10.2 Å². The zero-order chi connectivity index (χ0) is 9.84. The predicted octanol–water partition coefficient (Wildman–Crippen LogP) is 3.57. The first-order valence-electron chi connectivity index (χ1n) is 3.97. The number of anilines is 1. The second kappa shape index (κ2) is 4.42. The molecule has 1 rings (SSSR count). The fourth-order valence-corrected chi connectivity index (χ4v) is 1.27. The van der Waals surface area contributed by atoms with Gasteiger partial charge in [0.2, 0.25) is 0 Å². The summed E-state index contributed by atoms with van der Waals surface area (Å²) < 4.78 is 13.7. The highest BCUT2D eigenvalue weighted by molar-refractivity contribution is 9.10. The van der Waals surface area contributed by atoms with Crippen LogP contribution in [0.1, 0.15) is 6.92 Å². The van der Waals surface area contributed by atoms with Gasteiger partial charge in [-0.15, -0.1) is 6.58 Å². The summed E-state index contributed by atoms with van der Waals surface area (Å²) in [6, 6.07) is 4.66. The Hall–Kier alpha value is -0.830. The lowest BCUT2D eigenvalue weighted by Gasteiger charge is -2.12. The van der Waals surface area contributed by atoms with Crippen LogP contribution in [0.25, 0.3) is 0 Å². The van der Waals surface area contributed by atoms with Crippen molar-refractivity contribution in [2.75, 3.05) is 5.32 Å². The van der Waals surface area contributed by atoms with Gasteiger partial charge in [-0.05, 0) is 41.1 Å². The molecule has 0 aliphatic heterocycles. The highest BCUT2D eigenvalue weighted by Gasteiger charge is 2.02. The lowest BCUT2D eigenvalue weighted by atomic mass is 10.2. The fraction of sp³-hybridized carbons (Fsp3) is 0.200. The Morgan fingerprint density at radius 1 is 1.62 bits per heavy atom. The number of hydrogen-bond acceptors (Lipinski definition) is 1. The molecular formula is C10H11BrFN. The summed E-state index contributed by atoms with van der Waals surface area (Å²) in [5, 5.41) is 3.10. The molecule has 0 amide bonds. The molecule has 1 unspecified atom stereocenters. The van der Waals surface area contributed by atoms with Crippen molar-refractivity contribution >= 4 is 21.6 Å². The zero-order valence-electron chi connectivity index (χ0n) is 7.35. The van der Waals surface area contributed by atoms with E-state index in [1.807, 2.05) is 6.92 Å². The van der Waals surface area contributed by atoms with Gasteiger partial charge >= 0.3 is 0 Å². The molecule has 0 heterocycles. The third-order valence-corrected chi connectivity index (χ3v) is 2.36. The summed E-state index contributed by atoms with van der Waals surface area (Å²) in [5.41, 5.74) is 0.743. The van der Waals surface area contributed by atoms with Crippen LogP contribution in [0.15, 0.2) is 35.3 Å². The minimum atomic E-state index is -0.248. The Morgan fingerprint density at radius 3 is 2.92 bits per heavy atom. The maximum Gasteiger partial charge on any atom is 0.125 e. The standard InChI is InChI=1S/C10H11BrFN/c1-3-7(2)13-10-6-8(12)4-5-9(10)11/h3-7,13H,1H2,2H3. The number of halogens is 2. The van der Waals surface area contributed by atoms with E-state index in [4.69, 9.17) is 0 Å². The Morgan fingerprint density at radius 2 is 2.31 bits per heavy atom. The smallest absolute Gasteiger partial charge is 0.125 e. The molecule has 1 atom stereocenters. The molecular weight excluding hydrogens is 233 g/mol. The Balaban J connectivity index is 2.86. The van der Waals surface area contributed by atoms with Gasteiger partial charge in [0, 0.05) is 10.5 Å². The van der Waals surface area contributed by atoms with Crippen LogP contribution < -0.4 is 5.32 Å². The molecule has 0 fully saturated rings. The Bertz CT molecular complexity index is 312. The largest absolute Gasteiger partial charge is 0.378 e. The van der Waals surface area contributed by atoms with Crippen LogP contribution in [0.2, 0.25) is 0 Å². The van der Waals surface area contributed by atoms with Crippen LogP contribution in [0.3, 0.4) is 0 Å². The number of benzene rings is 1. The van der Waals surface area contributed by atoms with Crippen molar-refractivity contribution in [3.8, 4) is 0 Å². The van der Waals surface area contributed by atoms with Crippen molar-refractivity contribution in [3.05, 3.63) is 41.1 Å². The molecule has 0 saturated heterocycles. The second-order valence-electron chi connectivity index (χ2n) is 2.79. The number of rotatable bonds is 3. The SMILES string of the molecule is C=CC(C)Nc1cc(F)ccc1Br. The maximum atomic E-state index is 12.8. The predicted molar refractivity (Wildman–Crippen MR) is 57.4 cm³/mol. The Labute approximate surface area is 85.8 Å². The highest BCUT2D eigenvalue weighted by atomic mass is 79.9. The van der Waals surface area contributed by atoms with Crippen molar-refractivity contribution in [1.82, 2.24) is 0 Å². The van der Waals surface area contributed by atoms with Gasteiger partial charge in [0.15, 0.2) is 0 Å². The van der Waals surface area contributed by atoms with Crippen LogP contribution in [-0.4, -0.2) is 6.04 Å². The summed E-state index contributed by atoms with van der Waals surface area (Å²) in [5.74, 6) is -0.248. The van der Waals surface area contributed by atoms with Crippen LogP contribution >= 0.6 is 15.9 Å². The first-order chi connectivity index (χ1) is 6.13. The minimum absolute atomic E-state index is 0.123. The van der Waals surface area contributed by atoms with Crippen molar-refractivity contribution in [3.63, 3.8) is 0 Å². The third-order valence-electron chi connectivity index (χ3n) is 1.67. The van der Waals surface area contributed by atoms with Crippen LogP contribution in [0.4, 0.5) is 10.1 Å². The van der Waals surface area contributed by atoms with Crippen molar-refractivity contribution in [1.29, 1.82) is 0 Å². The molecule has 1 N–H and O–H groups in total. The lowest BCUT2D eigenvalue weighted by molar-refractivity contribution is 0.628. The second-order valence-corrected chi connectivity index (χ2v) is 3.65. The molecule has 13 heavy (non-hydrogen) atoms. The van der Waals surface area contributed by atoms with E-state index in [1.165, 1.54) is 12.1 Å². The average molecular weight is 244 g/mol. The topological polar surface area (TPSA) is 12.0 Å². The molecule has 70 valence electrons. The van der Waals surface area contributed by atoms with Gasteiger partial charge in [0.25, 0.3) is 0 Å². The number of nitrogens with one attached hydrogen (secondary N) is 1. The minimum Gasteiger partial charge on any atom is -0.378 e. The van der Waals surface area contributed by atoms with Gasteiger partial charge in [-0.1, -0.05) is 6.08 Å². The van der Waals surface area contributed by atoms with Gasteiger partial charge in [0.05, 0.1) is 5.69 Å².